The van der Waals surface area contributed by atoms with E-state index in [1.54, 1.807) is 0 Å². The summed E-state index contributed by atoms with van der Waals surface area (Å²) in [4.78, 5) is 57.7. The van der Waals surface area contributed by atoms with E-state index in [1.165, 1.54) is 0 Å². The Morgan fingerprint density at radius 2 is 1.08 bits per heavy atom. The van der Waals surface area contributed by atoms with Crippen LogP contribution >= 0.6 is 0 Å². The molecule has 0 amide bonds. The molecule has 1 heterocycles. The fourth-order valence-electron chi connectivity index (χ4n) is 2.34. The minimum absolute atomic E-state index is 0.814. The SMILES string of the molecule is COC(=O)[C@H]1OC(OC(C)=O)[C@H](OC(C)=O)C(OC(C)=O)[C@@H]1OC(C)=O. The van der Waals surface area contributed by atoms with E-state index in [0.29, 0.717) is 0 Å². The molecule has 1 rings (SSSR count). The number of methoxy groups -OCH3 is 1. The van der Waals surface area contributed by atoms with Crippen molar-refractivity contribution in [2.24, 2.45) is 0 Å². The molecule has 1 fully saturated rings. The van der Waals surface area contributed by atoms with Crippen molar-refractivity contribution in [1.29, 1.82) is 0 Å². The van der Waals surface area contributed by atoms with E-state index in [0.717, 1.165) is 34.8 Å². The second-order valence-electron chi connectivity index (χ2n) is 5.28. The average molecular weight is 376 g/mol. The molecule has 0 bridgehead atoms. The monoisotopic (exact) mass is 376 g/mol. The van der Waals surface area contributed by atoms with Gasteiger partial charge in [0, 0.05) is 27.7 Å². The number of esters is 5. The summed E-state index contributed by atoms with van der Waals surface area (Å²) in [6, 6.07) is 0. The van der Waals surface area contributed by atoms with Gasteiger partial charge < -0.3 is 28.4 Å². The van der Waals surface area contributed by atoms with Gasteiger partial charge in [-0.1, -0.05) is 0 Å². The molecule has 0 saturated carbocycles. The minimum Gasteiger partial charge on any atom is -0.467 e. The van der Waals surface area contributed by atoms with Crippen LogP contribution in [0, 0.1) is 0 Å². The molecule has 11 nitrogen and oxygen atoms in total. The van der Waals surface area contributed by atoms with Gasteiger partial charge in [-0.05, 0) is 0 Å². The summed E-state index contributed by atoms with van der Waals surface area (Å²) in [6.45, 7) is 4.22. The van der Waals surface area contributed by atoms with Gasteiger partial charge in [-0.15, -0.1) is 0 Å². The third-order valence-corrected chi connectivity index (χ3v) is 3.12. The molecular formula is C15H20O11. The molecule has 0 spiro atoms. The molecule has 1 aliphatic heterocycles. The number of rotatable bonds is 5. The van der Waals surface area contributed by atoms with Crippen LogP contribution in [0.25, 0.3) is 0 Å². The van der Waals surface area contributed by atoms with E-state index in [9.17, 15) is 24.0 Å². The van der Waals surface area contributed by atoms with E-state index in [2.05, 4.69) is 4.74 Å². The zero-order valence-corrected chi connectivity index (χ0v) is 14.9. The number of hydrogen-bond donors (Lipinski definition) is 0. The first kappa shape index (κ1) is 21.4. The number of hydrogen-bond acceptors (Lipinski definition) is 11. The van der Waals surface area contributed by atoms with E-state index in [4.69, 9.17) is 23.7 Å². The molecule has 5 atom stereocenters. The zero-order valence-electron chi connectivity index (χ0n) is 14.9. The molecule has 0 N–H and O–H groups in total. The Bertz CT molecular complexity index is 584. The van der Waals surface area contributed by atoms with Crippen LogP contribution in [-0.2, 0) is 52.4 Å². The highest BCUT2D eigenvalue weighted by Crippen LogP contribution is 2.30. The van der Waals surface area contributed by atoms with Gasteiger partial charge in [-0.25, -0.2) is 4.79 Å². The topological polar surface area (TPSA) is 141 Å². The average Bonchev–Trinajstić information content (AvgIpc) is 2.50. The molecule has 11 heteroatoms. The molecule has 0 radical (unpaired) electrons. The van der Waals surface area contributed by atoms with Crippen LogP contribution in [0.1, 0.15) is 27.7 Å². The van der Waals surface area contributed by atoms with Crippen molar-refractivity contribution in [1.82, 2.24) is 0 Å². The van der Waals surface area contributed by atoms with Crippen molar-refractivity contribution in [2.75, 3.05) is 7.11 Å². The molecule has 0 aromatic heterocycles. The van der Waals surface area contributed by atoms with Crippen molar-refractivity contribution in [3.05, 3.63) is 0 Å². The molecule has 26 heavy (non-hydrogen) atoms. The Kier molecular flexibility index (Phi) is 7.50. The van der Waals surface area contributed by atoms with Crippen LogP contribution in [-0.4, -0.2) is 67.7 Å². The molecule has 146 valence electrons. The quantitative estimate of drug-likeness (QED) is 0.441. The first-order valence-electron chi connectivity index (χ1n) is 7.49. The smallest absolute Gasteiger partial charge is 0.339 e. The van der Waals surface area contributed by atoms with Crippen molar-refractivity contribution in [3.63, 3.8) is 0 Å². The summed E-state index contributed by atoms with van der Waals surface area (Å²) in [5.74, 6) is -4.25. The Balaban J connectivity index is 3.37. The largest absolute Gasteiger partial charge is 0.467 e. The minimum atomic E-state index is -1.60. The van der Waals surface area contributed by atoms with Gasteiger partial charge in [-0.2, -0.15) is 0 Å². The van der Waals surface area contributed by atoms with Crippen LogP contribution < -0.4 is 0 Å². The first-order chi connectivity index (χ1) is 12.1. The van der Waals surface area contributed by atoms with Crippen LogP contribution in [0.15, 0.2) is 0 Å². The Labute approximate surface area is 148 Å². The maximum absolute atomic E-state index is 12.0. The molecule has 1 saturated heterocycles. The first-order valence-corrected chi connectivity index (χ1v) is 7.49. The summed E-state index contributed by atoms with van der Waals surface area (Å²) in [5, 5.41) is 0. The third-order valence-electron chi connectivity index (χ3n) is 3.12. The van der Waals surface area contributed by atoms with Gasteiger partial charge in [-0.3, -0.25) is 19.2 Å². The van der Waals surface area contributed by atoms with Crippen molar-refractivity contribution >= 4 is 29.8 Å². The van der Waals surface area contributed by atoms with Gasteiger partial charge in [0.25, 0.3) is 0 Å². The summed E-state index contributed by atoms with van der Waals surface area (Å²) >= 11 is 0. The lowest BCUT2D eigenvalue weighted by molar-refractivity contribution is -0.294. The van der Waals surface area contributed by atoms with Gasteiger partial charge in [0.15, 0.2) is 18.3 Å². The van der Waals surface area contributed by atoms with Gasteiger partial charge in [0.2, 0.25) is 12.4 Å². The Hall–Kier alpha value is -2.69. The second kappa shape index (κ2) is 9.13. The number of carbonyl (C=O) groups excluding carboxylic acids is 5. The Morgan fingerprint density at radius 3 is 1.50 bits per heavy atom. The van der Waals surface area contributed by atoms with Gasteiger partial charge in [0.05, 0.1) is 7.11 Å². The highest BCUT2D eigenvalue weighted by Gasteiger charge is 2.56. The maximum atomic E-state index is 12.0. The van der Waals surface area contributed by atoms with Crippen LogP contribution in [0.2, 0.25) is 0 Å². The summed E-state index contributed by atoms with van der Waals surface area (Å²) in [6.07, 6.45) is -7.66. The summed E-state index contributed by atoms with van der Waals surface area (Å²) < 4.78 is 30.0. The second-order valence-corrected chi connectivity index (χ2v) is 5.28. The maximum Gasteiger partial charge on any atom is 0.339 e. The fourth-order valence-corrected chi connectivity index (χ4v) is 2.34. The summed E-state index contributed by atoms with van der Waals surface area (Å²) in [7, 11) is 1.05. The number of carbonyl (C=O) groups is 5. The van der Waals surface area contributed by atoms with E-state index in [-0.39, 0.29) is 0 Å². The molecule has 2 unspecified atom stereocenters. The lowest BCUT2D eigenvalue weighted by atomic mass is 9.97. The zero-order chi connectivity index (χ0) is 20.0. The molecule has 0 aromatic rings. The van der Waals surface area contributed by atoms with E-state index >= 15 is 0 Å². The normalized spacial score (nSPS) is 27.7. The number of ether oxygens (including phenoxy) is 6. The van der Waals surface area contributed by atoms with Crippen molar-refractivity contribution in [3.8, 4) is 0 Å². The third kappa shape index (κ3) is 5.69. The molecule has 1 aliphatic rings. The van der Waals surface area contributed by atoms with E-state index < -0.39 is 60.6 Å². The van der Waals surface area contributed by atoms with Crippen molar-refractivity contribution < 1.29 is 52.4 Å². The van der Waals surface area contributed by atoms with E-state index in [1.807, 2.05) is 0 Å². The fraction of sp³-hybridized carbons (Fsp3) is 0.667. The van der Waals surface area contributed by atoms with Crippen molar-refractivity contribution in [2.45, 2.75) is 58.4 Å². The molecule has 0 aliphatic carbocycles. The van der Waals surface area contributed by atoms with Crippen LogP contribution in [0.3, 0.4) is 0 Å². The van der Waals surface area contributed by atoms with Crippen LogP contribution in [0.5, 0.6) is 0 Å². The van der Waals surface area contributed by atoms with Crippen LogP contribution in [0.4, 0.5) is 0 Å². The lowest BCUT2D eigenvalue weighted by Gasteiger charge is -2.42. The van der Waals surface area contributed by atoms with Gasteiger partial charge in [0.1, 0.15) is 0 Å². The predicted octanol–water partition coefficient (Wildman–Crippen LogP) is -0.757. The molecular weight excluding hydrogens is 356 g/mol. The standard InChI is InChI=1S/C15H20O11/c1-6(16)22-10-11(23-7(2)17)13(24-8(3)18)15(25-9(4)19)26-12(10)14(20)21-5/h10-13,15H,1-5H3/t10-,11?,12-,13+,15?/m0/s1. The lowest BCUT2D eigenvalue weighted by Crippen LogP contribution is -2.64. The Morgan fingerprint density at radius 1 is 0.654 bits per heavy atom. The highest BCUT2D eigenvalue weighted by molar-refractivity contribution is 5.77. The predicted molar refractivity (Wildman–Crippen MR) is 79.1 cm³/mol. The van der Waals surface area contributed by atoms with Gasteiger partial charge >= 0.3 is 29.8 Å². The summed E-state index contributed by atoms with van der Waals surface area (Å²) in [5.41, 5.74) is 0. The molecule has 0 aromatic carbocycles. The highest BCUT2D eigenvalue weighted by atomic mass is 16.7.